The summed E-state index contributed by atoms with van der Waals surface area (Å²) in [5.41, 5.74) is -1.05. The molecular weight excluding hydrogens is 413 g/mol. The summed E-state index contributed by atoms with van der Waals surface area (Å²) in [6, 6.07) is 6.55. The molecule has 0 saturated heterocycles. The molecule has 1 amide bonds. The summed E-state index contributed by atoms with van der Waals surface area (Å²) in [4.78, 5) is 23.5. The third kappa shape index (κ3) is 4.85. The zero-order chi connectivity index (χ0) is 17.9. The molecule has 4 nitrogen and oxygen atoms in total. The molecule has 2 rings (SSSR count). The number of hydrogen-bond donors (Lipinski definition) is 1. The Bertz CT molecular complexity index is 821. The van der Waals surface area contributed by atoms with Gasteiger partial charge in [0.2, 0.25) is 5.91 Å². The fraction of sp³-hybridized carbons (Fsp3) is 0.200. The van der Waals surface area contributed by atoms with Crippen LogP contribution in [0.15, 0.2) is 45.8 Å². The van der Waals surface area contributed by atoms with Gasteiger partial charge in [-0.15, -0.1) is 0 Å². The van der Waals surface area contributed by atoms with Gasteiger partial charge in [0.1, 0.15) is 6.54 Å². The van der Waals surface area contributed by atoms with Crippen LogP contribution in [0.2, 0.25) is 5.02 Å². The lowest BCUT2D eigenvalue weighted by Crippen LogP contribution is -2.32. The summed E-state index contributed by atoms with van der Waals surface area (Å²) >= 11 is 9.26. The summed E-state index contributed by atoms with van der Waals surface area (Å²) in [7, 11) is 0. The standard InChI is InChI=1S/C15H11BrClF3N2O2/c16-11-3-1-9(12(17)5-11)6-21-13(23)8-22-7-10(15(18,19)20)2-4-14(22)24/h1-5,7H,6,8H2,(H,21,23). The number of carbonyl (C=O) groups is 1. The Morgan fingerprint density at radius 1 is 1.25 bits per heavy atom. The molecule has 1 aromatic carbocycles. The predicted molar refractivity (Wildman–Crippen MR) is 86.7 cm³/mol. The highest BCUT2D eigenvalue weighted by molar-refractivity contribution is 9.10. The molecule has 0 aliphatic carbocycles. The molecule has 0 fully saturated rings. The molecule has 0 spiro atoms. The van der Waals surface area contributed by atoms with Crippen molar-refractivity contribution in [3.63, 3.8) is 0 Å². The molecule has 128 valence electrons. The summed E-state index contributed by atoms with van der Waals surface area (Å²) in [6.45, 7) is -0.421. The quantitative estimate of drug-likeness (QED) is 0.817. The maximum atomic E-state index is 12.6. The summed E-state index contributed by atoms with van der Waals surface area (Å²) < 4.78 is 39.4. The summed E-state index contributed by atoms with van der Waals surface area (Å²) in [5.74, 6) is -0.601. The Balaban J connectivity index is 2.06. The van der Waals surface area contributed by atoms with E-state index < -0.39 is 29.8 Å². The lowest BCUT2D eigenvalue weighted by Gasteiger charge is -2.11. The fourth-order valence-electron chi connectivity index (χ4n) is 1.89. The molecule has 0 unspecified atom stereocenters. The van der Waals surface area contributed by atoms with Gasteiger partial charge in [0, 0.05) is 28.3 Å². The first kappa shape index (κ1) is 18.5. The highest BCUT2D eigenvalue weighted by Gasteiger charge is 2.31. The number of pyridine rings is 1. The van der Waals surface area contributed by atoms with Gasteiger partial charge >= 0.3 is 6.18 Å². The second kappa shape index (κ2) is 7.40. The molecule has 1 N–H and O–H groups in total. The Morgan fingerprint density at radius 2 is 1.96 bits per heavy atom. The van der Waals surface area contributed by atoms with Crippen LogP contribution in [0.3, 0.4) is 0 Å². The van der Waals surface area contributed by atoms with Gasteiger partial charge in [0.05, 0.1) is 5.56 Å². The molecule has 0 aliphatic heterocycles. The number of nitrogens with zero attached hydrogens (tertiary/aromatic N) is 1. The average molecular weight is 424 g/mol. The first-order valence-corrected chi connectivity index (χ1v) is 7.82. The maximum Gasteiger partial charge on any atom is 0.417 e. The minimum absolute atomic E-state index is 0.0959. The van der Waals surface area contributed by atoms with Crippen LogP contribution < -0.4 is 10.9 Å². The monoisotopic (exact) mass is 422 g/mol. The number of hydrogen-bond acceptors (Lipinski definition) is 2. The van der Waals surface area contributed by atoms with Crippen molar-refractivity contribution >= 4 is 33.4 Å². The number of nitrogens with one attached hydrogen (secondary N) is 1. The molecule has 0 radical (unpaired) electrons. The zero-order valence-electron chi connectivity index (χ0n) is 12.0. The van der Waals surface area contributed by atoms with Gasteiger partial charge in [0.15, 0.2) is 0 Å². The Kier molecular flexibility index (Phi) is 5.71. The van der Waals surface area contributed by atoms with Crippen LogP contribution in [0.5, 0.6) is 0 Å². The van der Waals surface area contributed by atoms with E-state index in [1.54, 1.807) is 18.2 Å². The van der Waals surface area contributed by atoms with Crippen LogP contribution in [-0.2, 0) is 24.1 Å². The van der Waals surface area contributed by atoms with E-state index in [2.05, 4.69) is 21.2 Å². The lowest BCUT2D eigenvalue weighted by atomic mass is 10.2. The van der Waals surface area contributed by atoms with Crippen molar-refractivity contribution in [2.75, 3.05) is 0 Å². The summed E-state index contributed by atoms with van der Waals surface area (Å²) in [5, 5.41) is 2.94. The highest BCUT2D eigenvalue weighted by Crippen LogP contribution is 2.28. The van der Waals surface area contributed by atoms with Crippen molar-refractivity contribution in [1.82, 2.24) is 9.88 Å². The minimum Gasteiger partial charge on any atom is -0.350 e. The first-order valence-electron chi connectivity index (χ1n) is 6.65. The lowest BCUT2D eigenvalue weighted by molar-refractivity contribution is -0.138. The molecular formula is C15H11BrClF3N2O2. The normalized spacial score (nSPS) is 11.4. The van der Waals surface area contributed by atoms with Gasteiger partial charge in [-0.05, 0) is 23.8 Å². The van der Waals surface area contributed by atoms with Crippen molar-refractivity contribution < 1.29 is 18.0 Å². The Labute approximate surface area is 148 Å². The molecule has 0 bridgehead atoms. The van der Waals surface area contributed by atoms with Crippen LogP contribution in [0.1, 0.15) is 11.1 Å². The first-order chi connectivity index (χ1) is 11.2. The number of rotatable bonds is 4. The number of carbonyl (C=O) groups excluding carboxylic acids is 1. The number of aromatic nitrogens is 1. The number of amides is 1. The van der Waals surface area contributed by atoms with Crippen LogP contribution in [0.25, 0.3) is 0 Å². The topological polar surface area (TPSA) is 51.1 Å². The number of benzene rings is 1. The molecule has 24 heavy (non-hydrogen) atoms. The third-order valence-electron chi connectivity index (χ3n) is 3.12. The molecule has 9 heteroatoms. The van der Waals surface area contributed by atoms with Crippen LogP contribution in [0, 0.1) is 0 Å². The smallest absolute Gasteiger partial charge is 0.350 e. The van der Waals surface area contributed by atoms with Gasteiger partial charge in [-0.2, -0.15) is 13.2 Å². The Morgan fingerprint density at radius 3 is 2.58 bits per heavy atom. The minimum atomic E-state index is -4.59. The van der Waals surface area contributed by atoms with Gasteiger partial charge in [-0.3, -0.25) is 9.59 Å². The third-order valence-corrected chi connectivity index (χ3v) is 3.96. The molecule has 0 aliphatic rings. The highest BCUT2D eigenvalue weighted by atomic mass is 79.9. The van der Waals surface area contributed by atoms with Gasteiger partial charge < -0.3 is 9.88 Å². The molecule has 1 aromatic heterocycles. The van der Waals surface area contributed by atoms with E-state index in [1.165, 1.54) is 0 Å². The van der Waals surface area contributed by atoms with Gasteiger partial charge in [-0.25, -0.2) is 0 Å². The molecule has 0 atom stereocenters. The van der Waals surface area contributed by atoms with Crippen LogP contribution in [-0.4, -0.2) is 10.5 Å². The van der Waals surface area contributed by atoms with E-state index in [4.69, 9.17) is 11.6 Å². The largest absolute Gasteiger partial charge is 0.417 e. The Hall–Kier alpha value is -1.80. The molecule has 0 saturated carbocycles. The van der Waals surface area contributed by atoms with Crippen molar-refractivity contribution in [3.8, 4) is 0 Å². The van der Waals surface area contributed by atoms with Crippen molar-refractivity contribution in [2.24, 2.45) is 0 Å². The van der Waals surface area contributed by atoms with E-state index >= 15 is 0 Å². The van der Waals surface area contributed by atoms with Gasteiger partial charge in [-0.1, -0.05) is 33.6 Å². The zero-order valence-corrected chi connectivity index (χ0v) is 14.4. The molecule has 2 aromatic rings. The van der Waals surface area contributed by atoms with Crippen molar-refractivity contribution in [2.45, 2.75) is 19.3 Å². The van der Waals surface area contributed by atoms with Crippen molar-refractivity contribution in [1.29, 1.82) is 0 Å². The van der Waals surface area contributed by atoms with E-state index in [9.17, 15) is 22.8 Å². The van der Waals surface area contributed by atoms with Crippen LogP contribution in [0.4, 0.5) is 13.2 Å². The summed E-state index contributed by atoms with van der Waals surface area (Å²) in [6.07, 6.45) is -3.97. The molecule has 1 heterocycles. The second-order valence-electron chi connectivity index (χ2n) is 4.89. The van der Waals surface area contributed by atoms with Crippen molar-refractivity contribution in [3.05, 3.63) is 67.5 Å². The maximum absolute atomic E-state index is 12.6. The predicted octanol–water partition coefficient (Wildman–Crippen LogP) is 3.60. The average Bonchev–Trinajstić information content (AvgIpc) is 2.47. The van der Waals surface area contributed by atoms with Gasteiger partial charge in [0.25, 0.3) is 5.56 Å². The second-order valence-corrected chi connectivity index (χ2v) is 6.22. The van der Waals surface area contributed by atoms with E-state index in [0.29, 0.717) is 27.4 Å². The van der Waals surface area contributed by atoms with E-state index in [0.717, 1.165) is 10.5 Å². The van der Waals surface area contributed by atoms with Crippen LogP contribution >= 0.6 is 27.5 Å². The van der Waals surface area contributed by atoms with E-state index in [-0.39, 0.29) is 6.54 Å². The SMILES string of the molecule is O=C(Cn1cc(C(F)(F)F)ccc1=O)NCc1ccc(Br)cc1Cl. The number of halogens is 5. The fourth-order valence-corrected chi connectivity index (χ4v) is 2.63. The number of alkyl halides is 3. The van der Waals surface area contributed by atoms with E-state index in [1.807, 2.05) is 0 Å².